The largest absolute Gasteiger partial charge is 0.445 e. The summed E-state index contributed by atoms with van der Waals surface area (Å²) in [5, 5.41) is 0. The first kappa shape index (κ1) is 14.6. The molecule has 3 heterocycles. The van der Waals surface area contributed by atoms with E-state index in [2.05, 4.69) is 0 Å². The fourth-order valence-corrected chi connectivity index (χ4v) is 2.96. The van der Waals surface area contributed by atoms with Crippen LogP contribution in [0.4, 0.5) is 5.88 Å². The Morgan fingerprint density at radius 1 is 1.23 bits per heavy atom. The number of carbonyl (C=O) groups excluding carboxylic acids is 3. The summed E-state index contributed by atoms with van der Waals surface area (Å²) in [6.45, 7) is 2.70. The van der Waals surface area contributed by atoms with Crippen molar-refractivity contribution in [2.75, 3.05) is 31.6 Å². The molecule has 1 aromatic rings. The van der Waals surface area contributed by atoms with Crippen molar-refractivity contribution in [1.82, 2.24) is 9.80 Å². The molecule has 22 heavy (non-hydrogen) atoms. The summed E-state index contributed by atoms with van der Waals surface area (Å²) in [4.78, 5) is 40.9. The summed E-state index contributed by atoms with van der Waals surface area (Å²) in [5.74, 6) is 0.933. The second-order valence-corrected chi connectivity index (χ2v) is 5.75. The van der Waals surface area contributed by atoms with E-state index in [1.54, 1.807) is 24.1 Å². The van der Waals surface area contributed by atoms with E-state index in [0.29, 0.717) is 31.8 Å². The van der Waals surface area contributed by atoms with Gasteiger partial charge in [0.1, 0.15) is 18.3 Å². The highest BCUT2D eigenvalue weighted by Crippen LogP contribution is 2.23. The average Bonchev–Trinajstić information content (AvgIpc) is 3.05. The van der Waals surface area contributed by atoms with Gasteiger partial charge in [-0.25, -0.2) is 0 Å². The van der Waals surface area contributed by atoms with Gasteiger partial charge in [-0.2, -0.15) is 0 Å². The van der Waals surface area contributed by atoms with Crippen molar-refractivity contribution in [3.63, 3.8) is 0 Å². The molecule has 2 fully saturated rings. The normalized spacial score (nSPS) is 22.6. The Labute approximate surface area is 128 Å². The number of amides is 3. The van der Waals surface area contributed by atoms with Crippen molar-refractivity contribution in [3.8, 4) is 0 Å². The van der Waals surface area contributed by atoms with Crippen LogP contribution >= 0.6 is 0 Å². The number of nitrogens with zero attached hydrogens (tertiary/aromatic N) is 3. The Morgan fingerprint density at radius 2 is 2.00 bits per heavy atom. The Hall–Kier alpha value is -2.31. The molecule has 7 nitrogen and oxygen atoms in total. The lowest BCUT2D eigenvalue weighted by Crippen LogP contribution is -2.56. The summed E-state index contributed by atoms with van der Waals surface area (Å²) >= 11 is 0. The first-order valence-corrected chi connectivity index (χ1v) is 7.38. The van der Waals surface area contributed by atoms with E-state index in [1.165, 1.54) is 9.80 Å². The SMILES string of the molecule is Cc1ccc(N2CCN(C(=O)C3CCC(=O)N3C)CC2=O)o1. The van der Waals surface area contributed by atoms with Gasteiger partial charge in [-0.05, 0) is 19.4 Å². The lowest BCUT2D eigenvalue weighted by atomic mass is 10.1. The van der Waals surface area contributed by atoms with Gasteiger partial charge >= 0.3 is 0 Å². The molecule has 118 valence electrons. The number of hydrogen-bond acceptors (Lipinski definition) is 4. The quantitative estimate of drug-likeness (QED) is 0.792. The molecule has 0 aromatic carbocycles. The molecule has 2 saturated heterocycles. The third kappa shape index (κ3) is 2.47. The fourth-order valence-electron chi connectivity index (χ4n) is 2.96. The van der Waals surface area contributed by atoms with Gasteiger partial charge in [0.15, 0.2) is 0 Å². The van der Waals surface area contributed by atoms with Crippen LogP contribution in [0.5, 0.6) is 0 Å². The highest BCUT2D eigenvalue weighted by molar-refractivity contribution is 5.98. The maximum Gasteiger partial charge on any atom is 0.248 e. The number of piperazine rings is 1. The number of furan rings is 1. The minimum Gasteiger partial charge on any atom is -0.445 e. The average molecular weight is 305 g/mol. The van der Waals surface area contributed by atoms with E-state index in [4.69, 9.17) is 4.42 Å². The van der Waals surface area contributed by atoms with Crippen molar-refractivity contribution in [2.45, 2.75) is 25.8 Å². The van der Waals surface area contributed by atoms with Gasteiger partial charge in [-0.1, -0.05) is 0 Å². The van der Waals surface area contributed by atoms with Crippen LogP contribution in [0.2, 0.25) is 0 Å². The zero-order valence-corrected chi connectivity index (χ0v) is 12.7. The molecule has 7 heteroatoms. The Balaban J connectivity index is 1.66. The molecule has 1 unspecified atom stereocenters. The predicted molar refractivity (Wildman–Crippen MR) is 78.2 cm³/mol. The number of carbonyl (C=O) groups is 3. The third-order valence-electron chi connectivity index (χ3n) is 4.30. The Kier molecular flexibility index (Phi) is 3.64. The molecule has 1 aromatic heterocycles. The lowest BCUT2D eigenvalue weighted by Gasteiger charge is -2.35. The van der Waals surface area contributed by atoms with Crippen LogP contribution < -0.4 is 4.90 Å². The van der Waals surface area contributed by atoms with E-state index in [0.717, 1.165) is 5.76 Å². The summed E-state index contributed by atoms with van der Waals surface area (Å²) in [6, 6.07) is 3.13. The van der Waals surface area contributed by atoms with Gasteiger partial charge in [-0.15, -0.1) is 0 Å². The van der Waals surface area contributed by atoms with E-state index >= 15 is 0 Å². The molecule has 1 atom stereocenters. The standard InChI is InChI=1S/C15H19N3O4/c1-10-3-6-14(22-10)18-8-7-17(9-13(18)20)15(21)11-4-5-12(19)16(11)2/h3,6,11H,4-5,7-9H2,1-2H3. The van der Waals surface area contributed by atoms with E-state index in [1.807, 2.05) is 6.92 Å². The Bertz CT molecular complexity index is 624. The zero-order valence-electron chi connectivity index (χ0n) is 12.7. The molecule has 2 aliphatic rings. The molecular weight excluding hydrogens is 286 g/mol. The topological polar surface area (TPSA) is 74.1 Å². The number of likely N-dealkylation sites (tertiary alicyclic amines) is 1. The van der Waals surface area contributed by atoms with Crippen LogP contribution in [0, 0.1) is 6.92 Å². The van der Waals surface area contributed by atoms with E-state index in [-0.39, 0.29) is 24.3 Å². The number of aryl methyl sites for hydroxylation is 1. The molecule has 0 saturated carbocycles. The summed E-state index contributed by atoms with van der Waals surface area (Å²) < 4.78 is 5.47. The molecule has 0 radical (unpaired) electrons. The van der Waals surface area contributed by atoms with Crippen LogP contribution in [0.1, 0.15) is 18.6 Å². The van der Waals surface area contributed by atoms with Gasteiger partial charge in [0, 0.05) is 32.6 Å². The number of likely N-dealkylation sites (N-methyl/N-ethyl adjacent to an activating group) is 1. The first-order valence-electron chi connectivity index (χ1n) is 7.38. The summed E-state index contributed by atoms with van der Waals surface area (Å²) in [7, 11) is 1.64. The van der Waals surface area contributed by atoms with Crippen molar-refractivity contribution >= 4 is 23.6 Å². The van der Waals surface area contributed by atoms with Crippen molar-refractivity contribution < 1.29 is 18.8 Å². The summed E-state index contributed by atoms with van der Waals surface area (Å²) in [5.41, 5.74) is 0. The maximum atomic E-state index is 12.5. The second-order valence-electron chi connectivity index (χ2n) is 5.75. The van der Waals surface area contributed by atoms with Crippen LogP contribution in [0.25, 0.3) is 0 Å². The smallest absolute Gasteiger partial charge is 0.248 e. The molecule has 0 spiro atoms. The van der Waals surface area contributed by atoms with Gasteiger partial charge in [0.25, 0.3) is 0 Å². The monoisotopic (exact) mass is 305 g/mol. The van der Waals surface area contributed by atoms with E-state index in [9.17, 15) is 14.4 Å². The molecule has 2 aliphatic heterocycles. The van der Waals surface area contributed by atoms with Crippen molar-refractivity contribution in [3.05, 3.63) is 17.9 Å². The van der Waals surface area contributed by atoms with Crippen molar-refractivity contribution in [1.29, 1.82) is 0 Å². The highest BCUT2D eigenvalue weighted by Gasteiger charge is 2.38. The fraction of sp³-hybridized carbons (Fsp3) is 0.533. The maximum absolute atomic E-state index is 12.5. The molecular formula is C15H19N3O4. The number of hydrogen-bond donors (Lipinski definition) is 0. The summed E-state index contributed by atoms with van der Waals surface area (Å²) in [6.07, 6.45) is 0.923. The van der Waals surface area contributed by atoms with Crippen LogP contribution in [-0.2, 0) is 14.4 Å². The van der Waals surface area contributed by atoms with Crippen LogP contribution in [-0.4, -0.2) is 60.2 Å². The molecule has 0 bridgehead atoms. The minimum atomic E-state index is -0.433. The molecule has 0 aliphatic carbocycles. The second kappa shape index (κ2) is 5.47. The van der Waals surface area contributed by atoms with Gasteiger partial charge < -0.3 is 14.2 Å². The zero-order chi connectivity index (χ0) is 15.9. The molecule has 0 N–H and O–H groups in total. The first-order chi connectivity index (χ1) is 10.5. The van der Waals surface area contributed by atoms with Gasteiger partial charge in [-0.3, -0.25) is 19.3 Å². The lowest BCUT2D eigenvalue weighted by molar-refractivity contribution is -0.143. The van der Waals surface area contributed by atoms with Gasteiger partial charge in [0.2, 0.25) is 23.6 Å². The van der Waals surface area contributed by atoms with Crippen LogP contribution in [0.3, 0.4) is 0 Å². The number of rotatable bonds is 2. The van der Waals surface area contributed by atoms with E-state index < -0.39 is 6.04 Å². The third-order valence-corrected chi connectivity index (χ3v) is 4.30. The number of anilines is 1. The Morgan fingerprint density at radius 3 is 2.55 bits per heavy atom. The minimum absolute atomic E-state index is 0.0191. The molecule has 3 amide bonds. The van der Waals surface area contributed by atoms with Gasteiger partial charge in [0.05, 0.1) is 0 Å². The highest BCUT2D eigenvalue weighted by atomic mass is 16.4. The predicted octanol–water partition coefficient (Wildman–Crippen LogP) is 0.384. The van der Waals surface area contributed by atoms with Crippen LogP contribution in [0.15, 0.2) is 16.5 Å². The molecule has 3 rings (SSSR count). The van der Waals surface area contributed by atoms with Crippen molar-refractivity contribution in [2.24, 2.45) is 0 Å².